The summed E-state index contributed by atoms with van der Waals surface area (Å²) in [5, 5.41) is 0. The van der Waals surface area contributed by atoms with Crippen LogP contribution in [-0.4, -0.2) is 26.9 Å². The van der Waals surface area contributed by atoms with Gasteiger partial charge in [0.05, 0.1) is 9.80 Å². The van der Waals surface area contributed by atoms with E-state index in [0.717, 1.165) is 11.4 Å². The fourth-order valence-corrected chi connectivity index (χ4v) is 2.88. The first-order chi connectivity index (χ1) is 10.1. The maximum atomic E-state index is 11.4. The highest BCUT2D eigenvalue weighted by Crippen LogP contribution is 2.32. The zero-order valence-corrected chi connectivity index (χ0v) is 14.6. The van der Waals surface area contributed by atoms with Gasteiger partial charge in [-0.25, -0.2) is 4.21 Å². The molecule has 0 fully saturated rings. The van der Waals surface area contributed by atoms with Gasteiger partial charge in [0, 0.05) is 29.1 Å². The van der Waals surface area contributed by atoms with Crippen molar-refractivity contribution in [1.82, 2.24) is 0 Å². The first kappa shape index (κ1) is 18.5. The van der Waals surface area contributed by atoms with Crippen LogP contribution < -0.4 is 4.90 Å². The van der Waals surface area contributed by atoms with Crippen LogP contribution in [-0.2, 0) is 9.80 Å². The third kappa shape index (κ3) is 6.08. The summed E-state index contributed by atoms with van der Waals surface area (Å²) >= 11 is 0. The van der Waals surface area contributed by atoms with Crippen molar-refractivity contribution in [2.45, 2.75) is 27.2 Å². The summed E-state index contributed by atoms with van der Waals surface area (Å²) in [5.74, 6) is 3.50. The highest BCUT2D eigenvalue weighted by atomic mass is 32.2. The molecule has 1 atom stereocenters. The van der Waals surface area contributed by atoms with E-state index in [0.29, 0.717) is 13.0 Å². The number of rotatable bonds is 7. The summed E-state index contributed by atoms with van der Waals surface area (Å²) in [6.45, 7) is 10.9. The minimum absolute atomic E-state index is 0.0604. The predicted molar refractivity (Wildman–Crippen MR) is 98.9 cm³/mol. The Balaban J connectivity index is 3.11. The molecule has 1 rings (SSSR count). The molecule has 0 amide bonds. The first-order valence-electron chi connectivity index (χ1n) is 7.38. The van der Waals surface area contributed by atoms with Gasteiger partial charge in [0.15, 0.2) is 0 Å². The molecule has 0 spiro atoms. The van der Waals surface area contributed by atoms with E-state index >= 15 is 0 Å². The summed E-state index contributed by atoms with van der Waals surface area (Å²) in [6.07, 6.45) is 4.39. The van der Waals surface area contributed by atoms with Gasteiger partial charge in [-0.2, -0.15) is 0 Å². The number of para-hydroxylation sites is 1. The summed E-state index contributed by atoms with van der Waals surface area (Å²) in [6, 6.07) is 10.1. The van der Waals surface area contributed by atoms with Crippen LogP contribution in [0.2, 0.25) is 0 Å². The Morgan fingerprint density at radius 2 is 1.91 bits per heavy atom. The molecule has 1 N–H and O–H groups in total. The first-order valence-corrected chi connectivity index (χ1v) is 9.23. The number of allylic oxidation sites excluding steroid dienone is 3. The van der Waals surface area contributed by atoms with Gasteiger partial charge in [-0.3, -0.25) is 0 Å². The smallest absolute Gasteiger partial charge is 0.0746 e. The Morgan fingerprint density at radius 3 is 2.36 bits per heavy atom. The molecule has 4 heteroatoms. The third-order valence-electron chi connectivity index (χ3n) is 3.25. The van der Waals surface area contributed by atoms with E-state index in [-0.39, 0.29) is 11.2 Å². The number of hydrogen-bond acceptors (Lipinski definition) is 2. The van der Waals surface area contributed by atoms with Crippen molar-refractivity contribution in [3.63, 3.8) is 0 Å². The van der Waals surface area contributed by atoms with Gasteiger partial charge in [0.25, 0.3) is 0 Å². The molecule has 1 unspecified atom stereocenters. The van der Waals surface area contributed by atoms with Crippen LogP contribution in [0.1, 0.15) is 27.2 Å². The number of nitrogens with zero attached hydrogens (tertiary/aromatic N) is 1. The standard InChI is InChI=1S/C18H27NO2S/c1-6-11-17(18(2,3)4)19(14-10-15-22(5,20)21)16-12-8-7-9-13-16/h6-9,11-13H,1,5,10,14-15H2,2-4H3,(H,20,21)/b17-11-. The normalized spacial score (nSPS) is 15.2. The lowest BCUT2D eigenvalue weighted by Gasteiger charge is -2.35. The minimum Gasteiger partial charge on any atom is -0.345 e. The van der Waals surface area contributed by atoms with E-state index < -0.39 is 9.80 Å². The molecule has 1 aromatic rings. The molecule has 0 heterocycles. The Hall–Kier alpha value is -1.52. The molecular formula is C18H27NO2S. The van der Waals surface area contributed by atoms with E-state index in [1.165, 1.54) is 0 Å². The largest absolute Gasteiger partial charge is 0.345 e. The lowest BCUT2D eigenvalue weighted by molar-refractivity contribution is 0.481. The van der Waals surface area contributed by atoms with Gasteiger partial charge < -0.3 is 9.45 Å². The van der Waals surface area contributed by atoms with E-state index in [1.54, 1.807) is 6.08 Å². The van der Waals surface area contributed by atoms with E-state index in [4.69, 9.17) is 0 Å². The second kappa shape index (κ2) is 7.65. The molecule has 1 aromatic carbocycles. The van der Waals surface area contributed by atoms with Crippen molar-refractivity contribution in [1.29, 1.82) is 0 Å². The molecule has 0 aromatic heterocycles. The van der Waals surface area contributed by atoms with Gasteiger partial charge in [-0.05, 0) is 30.5 Å². The maximum Gasteiger partial charge on any atom is 0.0746 e. The van der Waals surface area contributed by atoms with Crippen LogP contribution in [0.3, 0.4) is 0 Å². The Bertz CT molecular complexity index is 610. The lowest BCUT2D eigenvalue weighted by Crippen LogP contribution is -2.32. The number of hydrogen-bond donors (Lipinski definition) is 1. The highest BCUT2D eigenvalue weighted by Gasteiger charge is 2.23. The fraction of sp³-hybridized carbons (Fsp3) is 0.389. The summed E-state index contributed by atoms with van der Waals surface area (Å²) in [4.78, 5) is 2.19. The van der Waals surface area contributed by atoms with Crippen LogP contribution in [0, 0.1) is 5.41 Å². The molecule has 0 saturated heterocycles. The average Bonchev–Trinajstić information content (AvgIpc) is 2.40. The molecule has 0 aliphatic carbocycles. The minimum atomic E-state index is -2.94. The molecule has 0 aliphatic rings. The quantitative estimate of drug-likeness (QED) is 0.605. The van der Waals surface area contributed by atoms with Crippen LogP contribution >= 0.6 is 0 Å². The highest BCUT2D eigenvalue weighted by molar-refractivity contribution is 7.95. The molecule has 0 bridgehead atoms. The van der Waals surface area contributed by atoms with Gasteiger partial charge in [-0.15, -0.1) is 0 Å². The third-order valence-corrected chi connectivity index (χ3v) is 4.17. The zero-order chi connectivity index (χ0) is 16.8. The molecule has 0 aliphatic heterocycles. The van der Waals surface area contributed by atoms with Gasteiger partial charge in [0.2, 0.25) is 0 Å². The van der Waals surface area contributed by atoms with Crippen molar-refractivity contribution in [2.24, 2.45) is 5.41 Å². The monoisotopic (exact) mass is 321 g/mol. The van der Waals surface area contributed by atoms with Crippen molar-refractivity contribution < 1.29 is 8.76 Å². The van der Waals surface area contributed by atoms with Crippen molar-refractivity contribution in [3.8, 4) is 0 Å². The second-order valence-electron chi connectivity index (χ2n) is 6.36. The van der Waals surface area contributed by atoms with Crippen molar-refractivity contribution >= 4 is 21.4 Å². The van der Waals surface area contributed by atoms with Gasteiger partial charge in [-0.1, -0.05) is 51.6 Å². The number of benzene rings is 1. The van der Waals surface area contributed by atoms with E-state index in [2.05, 4.69) is 38.1 Å². The Labute approximate surface area is 135 Å². The van der Waals surface area contributed by atoms with Crippen LogP contribution in [0.15, 0.2) is 54.8 Å². The lowest BCUT2D eigenvalue weighted by atomic mass is 9.90. The average molecular weight is 321 g/mol. The fourth-order valence-electron chi connectivity index (χ4n) is 2.30. The second-order valence-corrected chi connectivity index (χ2v) is 8.31. The van der Waals surface area contributed by atoms with Gasteiger partial charge >= 0.3 is 0 Å². The summed E-state index contributed by atoms with van der Waals surface area (Å²) in [7, 11) is -2.94. The van der Waals surface area contributed by atoms with Crippen molar-refractivity contribution in [2.75, 3.05) is 17.2 Å². The number of anilines is 1. The van der Waals surface area contributed by atoms with E-state index in [9.17, 15) is 8.76 Å². The predicted octanol–water partition coefficient (Wildman–Crippen LogP) is 4.19. The summed E-state index contributed by atoms with van der Waals surface area (Å²) in [5.41, 5.74) is 2.14. The summed E-state index contributed by atoms with van der Waals surface area (Å²) < 4.78 is 20.8. The molecule has 3 nitrogen and oxygen atoms in total. The molecule has 22 heavy (non-hydrogen) atoms. The van der Waals surface area contributed by atoms with Crippen molar-refractivity contribution in [3.05, 3.63) is 54.8 Å². The molecule has 0 radical (unpaired) electrons. The molecular weight excluding hydrogens is 294 g/mol. The van der Waals surface area contributed by atoms with Crippen LogP contribution in [0.4, 0.5) is 5.69 Å². The maximum absolute atomic E-state index is 11.4. The Morgan fingerprint density at radius 1 is 1.32 bits per heavy atom. The molecule has 122 valence electrons. The SMILES string of the molecule is C=C/C=C(\N(CCCS(=C)(=O)O)c1ccccc1)C(C)(C)C. The zero-order valence-electron chi connectivity index (χ0n) is 13.8. The van der Waals surface area contributed by atoms with Gasteiger partial charge in [0.1, 0.15) is 0 Å². The topological polar surface area (TPSA) is 40.5 Å². The van der Waals surface area contributed by atoms with E-state index in [1.807, 2.05) is 36.4 Å². The van der Waals surface area contributed by atoms with Crippen LogP contribution in [0.5, 0.6) is 0 Å². The molecule has 0 saturated carbocycles. The Kier molecular flexibility index (Phi) is 6.45. The van der Waals surface area contributed by atoms with Crippen LogP contribution in [0.25, 0.3) is 0 Å².